The Morgan fingerprint density at radius 2 is 1.42 bits per heavy atom. The summed E-state index contributed by atoms with van der Waals surface area (Å²) in [5.74, 6) is 0. The number of anilines is 1. The first kappa shape index (κ1) is 16.0. The lowest BCUT2D eigenvalue weighted by Crippen LogP contribution is -2.48. The van der Waals surface area contributed by atoms with E-state index in [9.17, 15) is 8.42 Å². The number of rotatable bonds is 2. The molecule has 0 amide bonds. The second-order valence-electron chi connectivity index (χ2n) is 4.48. The van der Waals surface area contributed by atoms with Crippen LogP contribution in [-0.4, -0.2) is 45.2 Å². The van der Waals surface area contributed by atoms with E-state index in [2.05, 4.69) is 36.1 Å². The van der Waals surface area contributed by atoms with Crippen molar-refractivity contribution in [3.05, 3.63) is 29.8 Å². The zero-order chi connectivity index (χ0) is 14.5. The van der Waals surface area contributed by atoms with Crippen LogP contribution in [0.25, 0.3) is 0 Å². The van der Waals surface area contributed by atoms with Crippen LogP contribution in [0.1, 0.15) is 19.4 Å². The molecule has 5 heteroatoms. The summed E-state index contributed by atoms with van der Waals surface area (Å²) in [5.41, 5.74) is 2.41. The summed E-state index contributed by atoms with van der Waals surface area (Å²) in [7, 11) is -3.03. The molecule has 19 heavy (non-hydrogen) atoms. The van der Waals surface area contributed by atoms with Crippen LogP contribution in [0.2, 0.25) is 0 Å². The molecule has 1 heterocycles. The fraction of sp³-hybridized carbons (Fsp3) is 0.571. The topological polar surface area (TPSA) is 40.6 Å². The van der Waals surface area contributed by atoms with Crippen molar-refractivity contribution in [2.24, 2.45) is 0 Å². The van der Waals surface area contributed by atoms with Crippen LogP contribution in [0.4, 0.5) is 5.69 Å². The Morgan fingerprint density at radius 1 is 0.947 bits per heavy atom. The second-order valence-corrected chi connectivity index (χ2v) is 6.47. The lowest BCUT2D eigenvalue weighted by atomic mass is 10.2. The molecule has 0 spiro atoms. The zero-order valence-corrected chi connectivity index (χ0v) is 13.1. The Labute approximate surface area is 117 Å². The van der Waals surface area contributed by atoms with Crippen molar-refractivity contribution in [1.82, 2.24) is 4.31 Å². The Balaban J connectivity index is 0.000000861. The Kier molecular flexibility index (Phi) is 5.82. The first-order valence-electron chi connectivity index (χ1n) is 6.73. The molecule has 1 aliphatic heterocycles. The minimum atomic E-state index is -3.03. The van der Waals surface area contributed by atoms with Gasteiger partial charge in [-0.15, -0.1) is 0 Å². The van der Waals surface area contributed by atoms with Crippen molar-refractivity contribution in [2.45, 2.75) is 20.8 Å². The molecule has 0 saturated carbocycles. The monoisotopic (exact) mass is 284 g/mol. The molecule has 1 aliphatic rings. The third-order valence-corrected chi connectivity index (χ3v) is 4.41. The van der Waals surface area contributed by atoms with Crippen molar-refractivity contribution in [2.75, 3.05) is 37.3 Å². The number of nitrogens with zero attached hydrogens (tertiary/aromatic N) is 2. The lowest BCUT2D eigenvalue weighted by Gasteiger charge is -2.34. The minimum absolute atomic E-state index is 0.576. The second kappa shape index (κ2) is 6.91. The summed E-state index contributed by atoms with van der Waals surface area (Å²) in [6.45, 7) is 8.73. The van der Waals surface area contributed by atoms with Gasteiger partial charge < -0.3 is 4.90 Å². The molecule has 0 N–H and O–H groups in total. The summed E-state index contributed by atoms with van der Waals surface area (Å²) >= 11 is 0. The molecular formula is C14H24N2O2S. The van der Waals surface area contributed by atoms with Crippen LogP contribution >= 0.6 is 0 Å². The lowest BCUT2D eigenvalue weighted by molar-refractivity contribution is 0.388. The van der Waals surface area contributed by atoms with Crippen LogP contribution in [0, 0.1) is 6.92 Å². The average Bonchev–Trinajstić information content (AvgIpc) is 2.41. The molecule has 4 nitrogen and oxygen atoms in total. The van der Waals surface area contributed by atoms with Crippen LogP contribution in [-0.2, 0) is 10.0 Å². The molecule has 0 aromatic heterocycles. The standard InChI is InChI=1S/C12H18N2O2S.C2H6/c1-11-3-5-12(6-4-11)13-7-9-14(10-8-13)17(2,15)16;1-2/h3-6H,7-10H2,1-2H3;1-2H3. The third-order valence-electron chi connectivity index (χ3n) is 3.11. The van der Waals surface area contributed by atoms with Crippen LogP contribution < -0.4 is 4.90 Å². The van der Waals surface area contributed by atoms with Crippen molar-refractivity contribution in [3.8, 4) is 0 Å². The van der Waals surface area contributed by atoms with Gasteiger partial charge in [-0.3, -0.25) is 0 Å². The molecule has 108 valence electrons. The molecule has 1 saturated heterocycles. The van der Waals surface area contributed by atoms with E-state index in [-0.39, 0.29) is 0 Å². The molecule has 0 aliphatic carbocycles. The zero-order valence-electron chi connectivity index (χ0n) is 12.3. The summed E-state index contributed by atoms with van der Waals surface area (Å²) in [6.07, 6.45) is 1.27. The number of sulfonamides is 1. The van der Waals surface area contributed by atoms with E-state index < -0.39 is 10.0 Å². The Morgan fingerprint density at radius 3 is 1.84 bits per heavy atom. The fourth-order valence-electron chi connectivity index (χ4n) is 2.03. The number of hydrogen-bond donors (Lipinski definition) is 0. The van der Waals surface area contributed by atoms with Crippen molar-refractivity contribution >= 4 is 15.7 Å². The van der Waals surface area contributed by atoms with Crippen molar-refractivity contribution < 1.29 is 8.42 Å². The van der Waals surface area contributed by atoms with Gasteiger partial charge >= 0.3 is 0 Å². The van der Waals surface area contributed by atoms with Crippen LogP contribution in [0.15, 0.2) is 24.3 Å². The predicted molar refractivity (Wildman–Crippen MR) is 81.2 cm³/mol. The van der Waals surface area contributed by atoms with Gasteiger partial charge in [-0.05, 0) is 19.1 Å². The summed E-state index contributed by atoms with van der Waals surface area (Å²) in [5, 5.41) is 0. The van der Waals surface area contributed by atoms with Crippen LogP contribution in [0.5, 0.6) is 0 Å². The van der Waals surface area contributed by atoms with Gasteiger partial charge in [0.2, 0.25) is 10.0 Å². The van der Waals surface area contributed by atoms with Gasteiger partial charge in [0.1, 0.15) is 0 Å². The highest BCUT2D eigenvalue weighted by molar-refractivity contribution is 7.88. The molecule has 1 aromatic rings. The maximum atomic E-state index is 11.4. The van der Waals surface area contributed by atoms with Gasteiger partial charge in [0, 0.05) is 31.9 Å². The highest BCUT2D eigenvalue weighted by Gasteiger charge is 2.23. The third kappa shape index (κ3) is 4.51. The molecule has 2 rings (SSSR count). The van der Waals surface area contributed by atoms with Gasteiger partial charge in [-0.1, -0.05) is 31.5 Å². The quantitative estimate of drug-likeness (QED) is 0.835. The smallest absolute Gasteiger partial charge is 0.211 e. The van der Waals surface area contributed by atoms with Gasteiger partial charge in [-0.25, -0.2) is 8.42 Å². The highest BCUT2D eigenvalue weighted by Crippen LogP contribution is 2.17. The number of benzene rings is 1. The molecule has 1 fully saturated rings. The normalized spacial score (nSPS) is 16.7. The molecule has 0 unspecified atom stereocenters. The van der Waals surface area contributed by atoms with Gasteiger partial charge in [0.25, 0.3) is 0 Å². The van der Waals surface area contributed by atoms with Gasteiger partial charge in [0.15, 0.2) is 0 Å². The average molecular weight is 284 g/mol. The first-order chi connectivity index (χ1) is 8.97. The molecule has 0 atom stereocenters. The van der Waals surface area contributed by atoms with Gasteiger partial charge in [-0.2, -0.15) is 4.31 Å². The van der Waals surface area contributed by atoms with E-state index in [0.29, 0.717) is 13.1 Å². The molecule has 1 aromatic carbocycles. The molecular weight excluding hydrogens is 260 g/mol. The summed E-state index contributed by atoms with van der Waals surface area (Å²) in [4.78, 5) is 2.22. The van der Waals surface area contributed by atoms with Crippen LogP contribution in [0.3, 0.4) is 0 Å². The highest BCUT2D eigenvalue weighted by atomic mass is 32.2. The summed E-state index contributed by atoms with van der Waals surface area (Å²) < 4.78 is 24.3. The summed E-state index contributed by atoms with van der Waals surface area (Å²) in [6, 6.07) is 8.34. The van der Waals surface area contributed by atoms with E-state index in [1.54, 1.807) is 0 Å². The van der Waals surface area contributed by atoms with Crippen molar-refractivity contribution in [1.29, 1.82) is 0 Å². The molecule has 0 bridgehead atoms. The Hall–Kier alpha value is -1.07. The number of aryl methyl sites for hydroxylation is 1. The SMILES string of the molecule is CC.Cc1ccc(N2CCN(S(C)(=O)=O)CC2)cc1. The van der Waals surface area contributed by atoms with E-state index in [1.165, 1.54) is 21.8 Å². The minimum Gasteiger partial charge on any atom is -0.369 e. The fourth-order valence-corrected chi connectivity index (χ4v) is 2.86. The van der Waals surface area contributed by atoms with Crippen molar-refractivity contribution in [3.63, 3.8) is 0 Å². The maximum Gasteiger partial charge on any atom is 0.211 e. The Bertz CT molecular complexity index is 475. The van der Waals surface area contributed by atoms with E-state index in [0.717, 1.165) is 13.1 Å². The van der Waals surface area contributed by atoms with E-state index in [4.69, 9.17) is 0 Å². The van der Waals surface area contributed by atoms with Gasteiger partial charge in [0.05, 0.1) is 6.26 Å². The maximum absolute atomic E-state index is 11.4. The van der Waals surface area contributed by atoms with E-state index in [1.807, 2.05) is 13.8 Å². The van der Waals surface area contributed by atoms with E-state index >= 15 is 0 Å². The first-order valence-corrected chi connectivity index (χ1v) is 8.58. The number of hydrogen-bond acceptors (Lipinski definition) is 3. The number of piperazine rings is 1. The molecule has 0 radical (unpaired) electrons. The predicted octanol–water partition coefficient (Wildman–Crippen LogP) is 2.10. The largest absolute Gasteiger partial charge is 0.369 e.